The lowest BCUT2D eigenvalue weighted by molar-refractivity contribution is -0.822. The van der Waals surface area contributed by atoms with Gasteiger partial charge in [0.25, 0.3) is 0 Å². The van der Waals surface area contributed by atoms with Crippen LogP contribution in [0.4, 0.5) is 22.2 Å². The maximum Gasteiger partial charge on any atom is 0.235 e. The van der Waals surface area contributed by atoms with Gasteiger partial charge in [0, 0.05) is 31.7 Å². The Hall–Kier alpha value is -3.89. The normalized spacial score (nSPS) is 18.2. The molecule has 3 aromatic rings. The third-order valence-electron chi connectivity index (χ3n) is 6.66. The van der Waals surface area contributed by atoms with Crippen LogP contribution < -0.4 is 15.5 Å². The van der Waals surface area contributed by atoms with Crippen LogP contribution in [0.1, 0.15) is 24.1 Å². The van der Waals surface area contributed by atoms with Crippen LogP contribution in [0.5, 0.6) is 0 Å². The fourth-order valence-electron chi connectivity index (χ4n) is 4.48. The van der Waals surface area contributed by atoms with Crippen molar-refractivity contribution in [3.05, 3.63) is 77.6 Å². The number of quaternary nitrogens is 1. The van der Waals surface area contributed by atoms with Gasteiger partial charge in [-0.05, 0) is 43.8 Å². The van der Waals surface area contributed by atoms with Gasteiger partial charge in [-0.3, -0.25) is 0 Å². The number of nitrogens with one attached hydrogen (secondary N) is 2. The summed E-state index contributed by atoms with van der Waals surface area (Å²) < 4.78 is 13.8. The largest absolute Gasteiger partial charge is 0.348 e. The first kappa shape index (κ1) is 24.8. The quantitative estimate of drug-likeness (QED) is 0.497. The van der Waals surface area contributed by atoms with E-state index in [0.717, 1.165) is 43.0 Å². The van der Waals surface area contributed by atoms with Gasteiger partial charge in [0.2, 0.25) is 17.8 Å². The Kier molecular flexibility index (Phi) is 6.86. The molecule has 0 aliphatic carbocycles. The molecule has 1 saturated heterocycles. The third-order valence-corrected chi connectivity index (χ3v) is 6.66. The van der Waals surface area contributed by atoms with Gasteiger partial charge in [0.1, 0.15) is 5.82 Å². The zero-order valence-corrected chi connectivity index (χ0v) is 21.7. The van der Waals surface area contributed by atoms with E-state index in [1.165, 1.54) is 12.1 Å². The van der Waals surface area contributed by atoms with E-state index in [1.54, 1.807) is 12.1 Å². The van der Waals surface area contributed by atoms with E-state index in [2.05, 4.69) is 44.6 Å². The molecule has 0 spiro atoms. The third kappa shape index (κ3) is 5.76. The van der Waals surface area contributed by atoms with E-state index in [9.17, 15) is 4.39 Å². The summed E-state index contributed by atoms with van der Waals surface area (Å²) >= 11 is 0. The summed E-state index contributed by atoms with van der Waals surface area (Å²) in [6.45, 7) is 5.52. The topological polar surface area (TPSA) is 81.6 Å². The number of amidine groups is 1. The number of anilines is 3. The summed E-state index contributed by atoms with van der Waals surface area (Å²) in [5, 5.41) is 11.5. The highest BCUT2D eigenvalue weighted by atomic mass is 19.1. The van der Waals surface area contributed by atoms with Crippen LogP contribution in [-0.2, 0) is 0 Å². The number of halogens is 1. The molecular formula is C27H33FN9+. The Morgan fingerprint density at radius 1 is 0.892 bits per heavy atom. The molecule has 0 bridgehead atoms. The lowest BCUT2D eigenvalue weighted by Crippen LogP contribution is -2.45. The molecule has 2 aliphatic rings. The van der Waals surface area contributed by atoms with Gasteiger partial charge in [0.15, 0.2) is 11.5 Å². The van der Waals surface area contributed by atoms with Gasteiger partial charge in [0.05, 0.1) is 26.2 Å². The second-order valence-corrected chi connectivity index (χ2v) is 9.89. The number of hydrogen-bond acceptors (Lipinski definition) is 8. The van der Waals surface area contributed by atoms with Crippen molar-refractivity contribution in [1.82, 2.24) is 19.9 Å². The second kappa shape index (κ2) is 10.2. The molecule has 0 saturated carbocycles. The molecule has 1 atom stereocenters. The number of piperazine rings is 1. The minimum Gasteiger partial charge on any atom is -0.348 e. The zero-order chi connectivity index (χ0) is 26.0. The molecule has 10 heteroatoms. The van der Waals surface area contributed by atoms with Crippen LogP contribution in [0, 0.1) is 5.82 Å². The average Bonchev–Trinajstić information content (AvgIpc) is 3.18. The fourth-order valence-corrected chi connectivity index (χ4v) is 4.48. The number of aromatic nitrogens is 3. The van der Waals surface area contributed by atoms with E-state index in [-0.39, 0.29) is 11.9 Å². The van der Waals surface area contributed by atoms with Crippen LogP contribution >= 0.6 is 0 Å². The van der Waals surface area contributed by atoms with Crippen LogP contribution in [0.3, 0.4) is 0 Å². The number of hydrogen-bond donors (Lipinski definition) is 2. The summed E-state index contributed by atoms with van der Waals surface area (Å²) in [6, 6.07) is 16.5. The molecule has 3 heterocycles. The van der Waals surface area contributed by atoms with Crippen molar-refractivity contribution in [3.8, 4) is 0 Å². The SMILES string of the molecule is CC(Nc1nc(NC2=N[N+](C)(C)C(c3ccccc3)=C2)nc(N2CCN(C)CC2)n1)c1ccc(F)cc1. The van der Waals surface area contributed by atoms with Crippen molar-refractivity contribution in [1.29, 1.82) is 0 Å². The predicted molar refractivity (Wildman–Crippen MR) is 146 cm³/mol. The Bertz CT molecular complexity index is 1300. The van der Waals surface area contributed by atoms with Crippen LogP contribution in [0.25, 0.3) is 5.70 Å². The van der Waals surface area contributed by atoms with Crippen molar-refractivity contribution >= 4 is 29.4 Å². The van der Waals surface area contributed by atoms with Crippen molar-refractivity contribution < 1.29 is 8.98 Å². The molecule has 2 N–H and O–H groups in total. The van der Waals surface area contributed by atoms with Crippen molar-refractivity contribution in [2.24, 2.45) is 5.10 Å². The molecule has 2 aromatic carbocycles. The first-order valence-electron chi connectivity index (χ1n) is 12.5. The number of rotatable bonds is 6. The van der Waals surface area contributed by atoms with Crippen molar-refractivity contribution in [3.63, 3.8) is 0 Å². The van der Waals surface area contributed by atoms with Crippen molar-refractivity contribution in [2.45, 2.75) is 13.0 Å². The molecular weight excluding hydrogens is 469 g/mol. The summed E-state index contributed by atoms with van der Waals surface area (Å²) in [4.78, 5) is 18.6. The maximum absolute atomic E-state index is 13.4. The minimum atomic E-state index is -0.262. The van der Waals surface area contributed by atoms with E-state index < -0.39 is 0 Å². The van der Waals surface area contributed by atoms with Crippen LogP contribution in [-0.4, -0.2) is 77.6 Å². The summed E-state index contributed by atoms with van der Waals surface area (Å²) in [6.07, 6.45) is 2.03. The zero-order valence-electron chi connectivity index (χ0n) is 21.7. The second-order valence-electron chi connectivity index (χ2n) is 9.89. The highest BCUT2D eigenvalue weighted by molar-refractivity contribution is 6.07. The lowest BCUT2D eigenvalue weighted by atomic mass is 10.1. The molecule has 0 amide bonds. The molecule has 2 aliphatic heterocycles. The number of likely N-dealkylation sites (N-methyl/N-ethyl adjacent to an activating group) is 1. The van der Waals surface area contributed by atoms with Gasteiger partial charge in [-0.25, -0.2) is 4.39 Å². The Morgan fingerprint density at radius 2 is 1.57 bits per heavy atom. The van der Waals surface area contributed by atoms with Gasteiger partial charge in [-0.15, -0.1) is 0 Å². The average molecular weight is 503 g/mol. The highest BCUT2D eigenvalue weighted by Crippen LogP contribution is 2.29. The molecule has 1 unspecified atom stereocenters. The van der Waals surface area contributed by atoms with E-state index in [1.807, 2.05) is 45.3 Å². The predicted octanol–water partition coefficient (Wildman–Crippen LogP) is 3.79. The van der Waals surface area contributed by atoms with Gasteiger partial charge < -0.3 is 20.4 Å². The summed E-state index contributed by atoms with van der Waals surface area (Å²) in [5.74, 6) is 1.89. The molecule has 192 valence electrons. The maximum atomic E-state index is 13.4. The molecule has 1 aromatic heterocycles. The first-order chi connectivity index (χ1) is 17.8. The molecule has 37 heavy (non-hydrogen) atoms. The van der Waals surface area contributed by atoms with Crippen LogP contribution in [0.2, 0.25) is 0 Å². The van der Waals surface area contributed by atoms with Gasteiger partial charge in [-0.1, -0.05) is 35.4 Å². The van der Waals surface area contributed by atoms with E-state index in [4.69, 9.17) is 15.1 Å². The van der Waals surface area contributed by atoms with E-state index in [0.29, 0.717) is 28.3 Å². The Balaban J connectivity index is 1.43. The monoisotopic (exact) mass is 502 g/mol. The smallest absolute Gasteiger partial charge is 0.235 e. The minimum absolute atomic E-state index is 0.125. The highest BCUT2D eigenvalue weighted by Gasteiger charge is 2.31. The van der Waals surface area contributed by atoms with E-state index >= 15 is 0 Å². The molecule has 1 fully saturated rings. The van der Waals surface area contributed by atoms with Gasteiger partial charge >= 0.3 is 0 Å². The standard InChI is InChI=1S/C27H33FN9/c1-19(20-10-12-22(28)13-11-20)29-25-31-26(33-27(32-25)36-16-14-35(2)15-17-36)30-24-18-23(37(3,4)34-24)21-8-6-5-7-9-21/h5-13,18-19H,14-17H2,1-4H3,(H2,29,30,31,32,33,34)/q+1. The molecule has 0 radical (unpaired) electrons. The Labute approximate surface area is 217 Å². The van der Waals surface area contributed by atoms with Crippen LogP contribution in [0.15, 0.2) is 65.8 Å². The molecule has 9 nitrogen and oxygen atoms in total. The first-order valence-corrected chi connectivity index (χ1v) is 12.5. The fraction of sp³-hybridized carbons (Fsp3) is 0.333. The number of benzene rings is 2. The van der Waals surface area contributed by atoms with Crippen molar-refractivity contribution in [2.75, 3.05) is 62.9 Å². The summed E-state index contributed by atoms with van der Waals surface area (Å²) in [7, 11) is 6.19. The Morgan fingerprint density at radius 3 is 2.27 bits per heavy atom. The molecule has 5 rings (SSSR count). The summed E-state index contributed by atoms with van der Waals surface area (Å²) in [5.41, 5.74) is 3.11. The van der Waals surface area contributed by atoms with Gasteiger partial charge in [-0.2, -0.15) is 19.5 Å². The lowest BCUT2D eigenvalue weighted by Gasteiger charge is -2.32. The number of nitrogens with zero attached hydrogens (tertiary/aromatic N) is 7.